The largest absolute Gasteiger partial charge is 0.438 e. The van der Waals surface area contributed by atoms with Crippen LogP contribution in [0.15, 0.2) is 95.4 Å². The van der Waals surface area contributed by atoms with Crippen LogP contribution in [0.25, 0.3) is 22.2 Å². The molecule has 2 unspecified atom stereocenters. The predicted molar refractivity (Wildman–Crippen MR) is 159 cm³/mol. The molecule has 0 saturated carbocycles. The van der Waals surface area contributed by atoms with E-state index in [1.54, 1.807) is 67.6 Å². The van der Waals surface area contributed by atoms with Crippen molar-refractivity contribution in [1.82, 2.24) is 15.6 Å². The molecule has 0 fully saturated rings. The van der Waals surface area contributed by atoms with Gasteiger partial charge in [0.15, 0.2) is 11.7 Å². The van der Waals surface area contributed by atoms with Gasteiger partial charge in [-0.3, -0.25) is 9.59 Å². The second kappa shape index (κ2) is 13.1. The number of oxazole rings is 1. The van der Waals surface area contributed by atoms with E-state index >= 15 is 0 Å². The minimum Gasteiger partial charge on any atom is -0.438 e. The maximum atomic E-state index is 14.6. The van der Waals surface area contributed by atoms with Gasteiger partial charge in [-0.2, -0.15) is 0 Å². The quantitative estimate of drug-likeness (QED) is 0.171. The molecule has 0 aliphatic carbocycles. The van der Waals surface area contributed by atoms with Crippen LogP contribution in [-0.4, -0.2) is 34.0 Å². The molecule has 1 heterocycles. The average Bonchev–Trinajstić information content (AvgIpc) is 3.45. The fraction of sp³-hybridized carbons (Fsp3) is 0.182. The smallest absolute Gasteiger partial charge is 0.251 e. The topological polar surface area (TPSA) is 104 Å². The Bertz CT molecular complexity index is 1710. The molecule has 0 radical (unpaired) electrons. The number of para-hydroxylation sites is 2. The number of rotatable bonds is 10. The van der Waals surface area contributed by atoms with Gasteiger partial charge in [-0.1, -0.05) is 61.0 Å². The van der Waals surface area contributed by atoms with Crippen LogP contribution in [0.3, 0.4) is 0 Å². The Morgan fingerprint density at radius 2 is 1.60 bits per heavy atom. The maximum Gasteiger partial charge on any atom is 0.251 e. The number of carbonyl (C=O) groups is 2. The molecule has 7 nitrogen and oxygen atoms in total. The molecule has 3 atom stereocenters. The van der Waals surface area contributed by atoms with Crippen molar-refractivity contribution < 1.29 is 27.9 Å². The van der Waals surface area contributed by atoms with Crippen LogP contribution < -0.4 is 10.6 Å². The lowest BCUT2D eigenvalue weighted by molar-refractivity contribution is -0.124. The summed E-state index contributed by atoms with van der Waals surface area (Å²) in [5.41, 5.74) is 2.57. The lowest BCUT2D eigenvalue weighted by Crippen LogP contribution is -2.52. The molecule has 5 rings (SSSR count). The van der Waals surface area contributed by atoms with Gasteiger partial charge in [-0.25, -0.2) is 13.8 Å². The molecule has 0 bridgehead atoms. The van der Waals surface area contributed by atoms with Crippen LogP contribution in [0.4, 0.5) is 8.78 Å². The fourth-order valence-electron chi connectivity index (χ4n) is 4.74. The van der Waals surface area contributed by atoms with Crippen LogP contribution in [-0.2, 0) is 11.2 Å². The molecular weight excluding hydrogens is 576 g/mol. The summed E-state index contributed by atoms with van der Waals surface area (Å²) in [6, 6.07) is 22.0. The Balaban J connectivity index is 1.37. The number of amides is 2. The summed E-state index contributed by atoms with van der Waals surface area (Å²) < 4.78 is 34.9. The second-order valence-corrected chi connectivity index (χ2v) is 10.4. The number of hydrogen-bond donors (Lipinski definition) is 3. The number of fused-ring (bicyclic) bond motifs is 1. The monoisotopic (exact) mass is 603 g/mol. The molecule has 0 spiro atoms. The van der Waals surface area contributed by atoms with Crippen LogP contribution in [0.5, 0.6) is 0 Å². The summed E-state index contributed by atoms with van der Waals surface area (Å²) in [7, 11) is 0. The Hall–Kier alpha value is -4.60. The maximum absolute atomic E-state index is 14.6. The molecule has 5 aromatic rings. The normalized spacial score (nSPS) is 13.3. The molecule has 0 aliphatic heterocycles. The first kappa shape index (κ1) is 29.9. The van der Waals surface area contributed by atoms with E-state index in [-0.39, 0.29) is 23.4 Å². The standard InChI is InChI=1S/C33H28ClF2N3O4/c1-2-26(30(40)33-39-27-11-3-4-12-29(27)43-33)37-32(42)28(18-23-24(35)9-6-10-25(23)36)38-31(41)20-15-13-19(14-16-20)21-7-5-8-22(34)17-21/h3-17,26,28,30,40H,2,18H2,1H3,(H,37,42)(H,38,41)/t26-,28?,30?/m0/s1. The van der Waals surface area contributed by atoms with E-state index in [9.17, 15) is 23.5 Å². The van der Waals surface area contributed by atoms with Crippen molar-refractivity contribution in [3.05, 3.63) is 125 Å². The zero-order valence-corrected chi connectivity index (χ0v) is 23.8. The Kier molecular flexibility index (Phi) is 9.13. The molecule has 43 heavy (non-hydrogen) atoms. The zero-order valence-electron chi connectivity index (χ0n) is 23.1. The number of benzene rings is 4. The van der Waals surface area contributed by atoms with E-state index < -0.39 is 48.1 Å². The van der Waals surface area contributed by atoms with E-state index in [0.29, 0.717) is 16.1 Å². The van der Waals surface area contributed by atoms with Gasteiger partial charge in [-0.15, -0.1) is 0 Å². The van der Waals surface area contributed by atoms with Gasteiger partial charge in [0.2, 0.25) is 11.8 Å². The van der Waals surface area contributed by atoms with Gasteiger partial charge in [-0.05, 0) is 66.1 Å². The number of carbonyl (C=O) groups excluding carboxylic acids is 2. The highest BCUT2D eigenvalue weighted by molar-refractivity contribution is 6.30. The molecular formula is C33H28ClF2N3O4. The summed E-state index contributed by atoms with van der Waals surface area (Å²) >= 11 is 6.09. The first-order valence-corrected chi connectivity index (χ1v) is 14.0. The molecule has 3 N–H and O–H groups in total. The Morgan fingerprint density at radius 3 is 2.28 bits per heavy atom. The van der Waals surface area contributed by atoms with Crippen molar-refractivity contribution in [2.45, 2.75) is 38.0 Å². The van der Waals surface area contributed by atoms with Crippen molar-refractivity contribution >= 4 is 34.5 Å². The number of nitrogens with one attached hydrogen (secondary N) is 2. The van der Waals surface area contributed by atoms with Crippen molar-refractivity contribution in [2.75, 3.05) is 0 Å². The molecule has 10 heteroatoms. The third-order valence-corrected chi connectivity index (χ3v) is 7.34. The van der Waals surface area contributed by atoms with Crippen LogP contribution >= 0.6 is 11.6 Å². The van der Waals surface area contributed by atoms with Crippen molar-refractivity contribution in [1.29, 1.82) is 0 Å². The van der Waals surface area contributed by atoms with Crippen molar-refractivity contribution in [2.24, 2.45) is 0 Å². The summed E-state index contributed by atoms with van der Waals surface area (Å²) in [5, 5.41) is 16.9. The number of halogens is 3. The van der Waals surface area contributed by atoms with Gasteiger partial charge in [0.25, 0.3) is 5.91 Å². The van der Waals surface area contributed by atoms with Gasteiger partial charge >= 0.3 is 0 Å². The van der Waals surface area contributed by atoms with E-state index in [2.05, 4.69) is 15.6 Å². The van der Waals surface area contributed by atoms with Crippen LogP contribution in [0, 0.1) is 11.6 Å². The minimum atomic E-state index is -1.38. The summed E-state index contributed by atoms with van der Waals surface area (Å²) in [6.07, 6.45) is -1.51. The highest BCUT2D eigenvalue weighted by atomic mass is 35.5. The third kappa shape index (κ3) is 6.90. The number of aliphatic hydroxyl groups is 1. The molecule has 0 aliphatic rings. The van der Waals surface area contributed by atoms with Gasteiger partial charge in [0.1, 0.15) is 23.2 Å². The third-order valence-electron chi connectivity index (χ3n) is 7.11. The number of nitrogens with zero attached hydrogens (tertiary/aromatic N) is 1. The Morgan fingerprint density at radius 1 is 0.907 bits per heavy atom. The van der Waals surface area contributed by atoms with E-state index in [1.807, 2.05) is 12.1 Å². The SMILES string of the molecule is CC[C@H](NC(=O)C(Cc1c(F)cccc1F)NC(=O)c1ccc(-c2cccc(Cl)c2)cc1)C(O)c1nc2ccccc2o1. The number of aliphatic hydroxyl groups excluding tert-OH is 1. The summed E-state index contributed by atoms with van der Waals surface area (Å²) in [4.78, 5) is 31.1. The van der Waals surface area contributed by atoms with Crippen molar-refractivity contribution in [3.63, 3.8) is 0 Å². The van der Waals surface area contributed by atoms with Crippen molar-refractivity contribution in [3.8, 4) is 11.1 Å². The molecule has 1 aromatic heterocycles. The van der Waals surface area contributed by atoms with E-state index in [0.717, 1.165) is 23.3 Å². The lowest BCUT2D eigenvalue weighted by atomic mass is 10.0. The Labute approximate surface area is 251 Å². The summed E-state index contributed by atoms with van der Waals surface area (Å²) in [6.45, 7) is 1.74. The first-order valence-electron chi connectivity index (χ1n) is 13.7. The summed E-state index contributed by atoms with van der Waals surface area (Å²) in [5.74, 6) is -3.06. The lowest BCUT2D eigenvalue weighted by Gasteiger charge is -2.25. The van der Waals surface area contributed by atoms with Gasteiger partial charge in [0.05, 0.1) is 6.04 Å². The van der Waals surface area contributed by atoms with Gasteiger partial charge in [0, 0.05) is 22.6 Å². The zero-order chi connectivity index (χ0) is 30.5. The second-order valence-electron chi connectivity index (χ2n) is 10.0. The van der Waals surface area contributed by atoms with Crippen LogP contribution in [0.1, 0.15) is 41.3 Å². The van der Waals surface area contributed by atoms with E-state index in [1.165, 1.54) is 6.07 Å². The fourth-order valence-corrected chi connectivity index (χ4v) is 4.93. The molecule has 2 amide bonds. The molecule has 220 valence electrons. The molecule has 0 saturated heterocycles. The average molecular weight is 604 g/mol. The van der Waals surface area contributed by atoms with Crippen LogP contribution in [0.2, 0.25) is 5.02 Å². The van der Waals surface area contributed by atoms with Gasteiger partial charge < -0.3 is 20.2 Å². The minimum absolute atomic E-state index is 0.00822. The van der Waals surface area contributed by atoms with E-state index in [4.69, 9.17) is 16.0 Å². The number of aromatic nitrogens is 1. The highest BCUT2D eigenvalue weighted by Gasteiger charge is 2.31. The predicted octanol–water partition coefficient (Wildman–Crippen LogP) is 6.40. The number of hydrogen-bond acceptors (Lipinski definition) is 5. The first-order chi connectivity index (χ1) is 20.7. The molecule has 4 aromatic carbocycles. The highest BCUT2D eigenvalue weighted by Crippen LogP contribution is 2.25.